The van der Waals surface area contributed by atoms with Crippen LogP contribution in [0.4, 0.5) is 4.39 Å². The average molecular weight is 527 g/mol. The van der Waals surface area contributed by atoms with Crippen molar-refractivity contribution in [3.05, 3.63) is 77.4 Å². The number of carboxylic acids is 2. The van der Waals surface area contributed by atoms with E-state index < -0.39 is 11.9 Å². The molecule has 3 N–H and O–H groups in total. The normalized spacial score (nSPS) is 22.6. The number of hydrogen-bond acceptors (Lipinski definition) is 6. The van der Waals surface area contributed by atoms with Gasteiger partial charge >= 0.3 is 11.9 Å². The van der Waals surface area contributed by atoms with E-state index in [1.165, 1.54) is 17.3 Å². The van der Waals surface area contributed by atoms with Crippen molar-refractivity contribution in [3.8, 4) is 0 Å². The van der Waals surface area contributed by atoms with E-state index in [9.17, 15) is 14.0 Å². The fourth-order valence-corrected chi connectivity index (χ4v) is 5.89. The van der Waals surface area contributed by atoms with Crippen LogP contribution in [-0.4, -0.2) is 65.1 Å². The van der Waals surface area contributed by atoms with Crippen molar-refractivity contribution in [3.63, 3.8) is 0 Å². The van der Waals surface area contributed by atoms with E-state index in [0.717, 1.165) is 77.0 Å². The Bertz CT molecular complexity index is 1090. The summed E-state index contributed by atoms with van der Waals surface area (Å²) in [5.74, 6) is -2.79. The van der Waals surface area contributed by atoms with Gasteiger partial charge in [-0.2, -0.15) is 0 Å². The van der Waals surface area contributed by atoms with E-state index >= 15 is 0 Å². The molecular formula is C29H35FN2O6. The number of rotatable bonds is 7. The summed E-state index contributed by atoms with van der Waals surface area (Å²) in [6.07, 6.45) is 9.40. The molecule has 3 heterocycles. The van der Waals surface area contributed by atoms with Gasteiger partial charge in [0.1, 0.15) is 5.82 Å². The molecule has 0 unspecified atom stereocenters. The first-order valence-corrected chi connectivity index (χ1v) is 13.1. The lowest BCUT2D eigenvalue weighted by Gasteiger charge is -2.49. The lowest BCUT2D eigenvalue weighted by Crippen LogP contribution is -2.51. The van der Waals surface area contributed by atoms with Gasteiger partial charge in [-0.3, -0.25) is 4.98 Å². The molecule has 2 aromatic rings. The number of pyridine rings is 1. The van der Waals surface area contributed by atoms with E-state index in [1.807, 2.05) is 6.07 Å². The maximum atomic E-state index is 13.6. The van der Waals surface area contributed by atoms with E-state index in [-0.39, 0.29) is 16.8 Å². The summed E-state index contributed by atoms with van der Waals surface area (Å²) in [6.45, 7) is 3.18. The Labute approximate surface area is 221 Å². The Hall–Kier alpha value is -3.14. The number of halogens is 1. The van der Waals surface area contributed by atoms with Crippen LogP contribution in [0.15, 0.2) is 54.7 Å². The number of ether oxygens (including phenoxy) is 2. The van der Waals surface area contributed by atoms with Crippen molar-refractivity contribution >= 4 is 11.9 Å². The molecule has 5 rings (SSSR count). The Balaban J connectivity index is 0.000000368. The number of carboxylic acid groups (broad SMARTS) is 2. The molecule has 2 fully saturated rings. The summed E-state index contributed by atoms with van der Waals surface area (Å²) in [4.78, 5) is 23.7. The number of aliphatic carboxylic acids is 2. The van der Waals surface area contributed by atoms with Gasteiger partial charge in [-0.15, -0.1) is 0 Å². The number of fused-ring (bicyclic) bond motifs is 1. The first-order valence-electron chi connectivity index (χ1n) is 13.1. The minimum Gasteiger partial charge on any atom is -0.478 e. The second kappa shape index (κ2) is 12.6. The zero-order valence-corrected chi connectivity index (χ0v) is 21.4. The van der Waals surface area contributed by atoms with Crippen LogP contribution in [0.5, 0.6) is 0 Å². The second-order valence-electron chi connectivity index (χ2n) is 10.3. The molecule has 9 heteroatoms. The van der Waals surface area contributed by atoms with E-state index in [0.29, 0.717) is 18.2 Å². The van der Waals surface area contributed by atoms with Gasteiger partial charge in [0, 0.05) is 49.1 Å². The first kappa shape index (κ1) is 27.9. The van der Waals surface area contributed by atoms with Crippen LogP contribution in [0, 0.1) is 5.82 Å². The van der Waals surface area contributed by atoms with Crippen molar-refractivity contribution in [2.24, 2.45) is 0 Å². The molecule has 0 radical (unpaired) electrons. The average Bonchev–Trinajstić information content (AvgIpc) is 3.32. The number of nitrogens with one attached hydrogen (secondary N) is 1. The Morgan fingerprint density at radius 2 is 1.66 bits per heavy atom. The van der Waals surface area contributed by atoms with Gasteiger partial charge < -0.3 is 25.0 Å². The molecule has 2 aliphatic heterocycles. The van der Waals surface area contributed by atoms with Crippen molar-refractivity contribution in [2.75, 3.05) is 26.4 Å². The summed E-state index contributed by atoms with van der Waals surface area (Å²) in [6, 6.07) is 12.7. The predicted molar refractivity (Wildman–Crippen MR) is 139 cm³/mol. The molecule has 0 amide bonds. The quantitative estimate of drug-likeness (QED) is 0.468. The molecular weight excluding hydrogens is 491 g/mol. The number of carbonyl (C=O) groups is 2. The number of benzene rings is 1. The summed E-state index contributed by atoms with van der Waals surface area (Å²) in [5, 5.41) is 19.4. The van der Waals surface area contributed by atoms with E-state index in [4.69, 9.17) is 19.7 Å². The zero-order chi connectivity index (χ0) is 27.0. The summed E-state index contributed by atoms with van der Waals surface area (Å²) >= 11 is 0. The molecule has 204 valence electrons. The Morgan fingerprint density at radius 3 is 2.24 bits per heavy atom. The van der Waals surface area contributed by atoms with Crippen LogP contribution in [0.25, 0.3) is 0 Å². The maximum Gasteiger partial charge on any atom is 0.328 e. The first-order chi connectivity index (χ1) is 18.3. The van der Waals surface area contributed by atoms with E-state index in [2.05, 4.69) is 34.6 Å². The molecule has 38 heavy (non-hydrogen) atoms. The zero-order valence-electron chi connectivity index (χ0n) is 21.4. The van der Waals surface area contributed by atoms with Crippen LogP contribution < -0.4 is 5.32 Å². The highest BCUT2D eigenvalue weighted by molar-refractivity contribution is 5.89. The topological polar surface area (TPSA) is 118 Å². The third-order valence-corrected chi connectivity index (χ3v) is 7.78. The van der Waals surface area contributed by atoms with Crippen LogP contribution >= 0.6 is 0 Å². The van der Waals surface area contributed by atoms with Crippen molar-refractivity contribution < 1.29 is 33.7 Å². The standard InChI is InChI=1S/C25H31FN2O2.C4H4O4/c26-21-5-6-23(28-17-21)24(8-14-30-25(18-24)9-12-29-13-10-25)7-11-27-22-15-19-3-1-2-4-20(19)16-22;5-3(6)1-2-4(7)8/h1-6,17,22,27H,7-16,18H2;1-2H,(H,5,6)(H,7,8)/b;2-1+/t24-;/m1./s1. The van der Waals surface area contributed by atoms with Gasteiger partial charge in [0.25, 0.3) is 0 Å². The summed E-state index contributed by atoms with van der Waals surface area (Å²) in [7, 11) is 0. The number of nitrogens with zero attached hydrogens (tertiary/aromatic N) is 1. The molecule has 0 saturated carbocycles. The minimum absolute atomic E-state index is 0.0816. The highest BCUT2D eigenvalue weighted by Gasteiger charge is 2.48. The van der Waals surface area contributed by atoms with Crippen molar-refractivity contribution in [1.82, 2.24) is 10.3 Å². The molecule has 2 saturated heterocycles. The maximum absolute atomic E-state index is 13.6. The Morgan fingerprint density at radius 1 is 1.00 bits per heavy atom. The van der Waals surface area contributed by atoms with Gasteiger partial charge in [0.05, 0.1) is 11.8 Å². The van der Waals surface area contributed by atoms with Crippen LogP contribution in [0.1, 0.15) is 48.9 Å². The Kier molecular flexibility index (Phi) is 9.25. The lowest BCUT2D eigenvalue weighted by molar-refractivity contribution is -0.154. The second-order valence-corrected chi connectivity index (χ2v) is 10.3. The van der Waals surface area contributed by atoms with Crippen LogP contribution in [0.2, 0.25) is 0 Å². The predicted octanol–water partition coefficient (Wildman–Crippen LogP) is 3.68. The fraction of sp³-hybridized carbons (Fsp3) is 0.483. The summed E-state index contributed by atoms with van der Waals surface area (Å²) in [5.41, 5.74) is 3.74. The van der Waals surface area contributed by atoms with E-state index in [1.54, 1.807) is 6.07 Å². The van der Waals surface area contributed by atoms with Crippen LogP contribution in [-0.2, 0) is 37.3 Å². The van der Waals surface area contributed by atoms with Gasteiger partial charge in [0.2, 0.25) is 0 Å². The minimum atomic E-state index is -1.26. The van der Waals surface area contributed by atoms with Crippen LogP contribution in [0.3, 0.4) is 0 Å². The molecule has 1 spiro atoms. The number of aromatic nitrogens is 1. The number of hydrogen-bond donors (Lipinski definition) is 3. The van der Waals surface area contributed by atoms with Gasteiger partial charge in [-0.05, 0) is 74.8 Å². The van der Waals surface area contributed by atoms with Gasteiger partial charge in [-0.1, -0.05) is 24.3 Å². The van der Waals surface area contributed by atoms with Crippen molar-refractivity contribution in [1.29, 1.82) is 0 Å². The molecule has 3 aliphatic rings. The molecule has 1 aromatic heterocycles. The highest BCUT2D eigenvalue weighted by atomic mass is 19.1. The molecule has 1 aromatic carbocycles. The third-order valence-electron chi connectivity index (χ3n) is 7.78. The lowest BCUT2D eigenvalue weighted by atomic mass is 9.66. The molecule has 1 aliphatic carbocycles. The SMILES string of the molecule is Fc1ccc([C@]2(CCNC3Cc4ccccc4C3)CCOC3(CCOCC3)C2)nc1.O=C(O)/C=C/C(=O)O. The molecule has 1 atom stereocenters. The molecule has 8 nitrogen and oxygen atoms in total. The highest BCUT2D eigenvalue weighted by Crippen LogP contribution is 2.47. The fourth-order valence-electron chi connectivity index (χ4n) is 5.89. The largest absolute Gasteiger partial charge is 0.478 e. The van der Waals surface area contributed by atoms with Crippen molar-refractivity contribution in [2.45, 2.75) is 62.0 Å². The monoisotopic (exact) mass is 526 g/mol. The smallest absolute Gasteiger partial charge is 0.328 e. The third kappa shape index (κ3) is 7.24. The van der Waals surface area contributed by atoms with Gasteiger partial charge in [-0.25, -0.2) is 14.0 Å². The molecule has 0 bridgehead atoms. The van der Waals surface area contributed by atoms with Gasteiger partial charge in [0.15, 0.2) is 0 Å². The summed E-state index contributed by atoms with van der Waals surface area (Å²) < 4.78 is 25.5.